The maximum Gasteiger partial charge on any atom is 0.142 e. The smallest absolute Gasteiger partial charge is 0.142 e. The lowest BCUT2D eigenvalue weighted by atomic mass is 9.84. The van der Waals surface area contributed by atoms with Crippen molar-refractivity contribution in [2.24, 2.45) is 4.40 Å². The number of benzene rings is 2. The van der Waals surface area contributed by atoms with Gasteiger partial charge < -0.3 is 0 Å². The standard InChI is InChI=1S/C15H11Cl2FN2S/c1-15(10-3-5-11(16)6-4-10)14(19-21-20-15)9-2-7-12(17)13(18)8-9/h2-8,20H,1H3. The first-order valence-corrected chi connectivity index (χ1v) is 7.77. The van der Waals surface area contributed by atoms with Crippen LogP contribution < -0.4 is 4.72 Å². The van der Waals surface area contributed by atoms with Crippen molar-refractivity contribution in [3.8, 4) is 0 Å². The van der Waals surface area contributed by atoms with E-state index in [2.05, 4.69) is 9.12 Å². The Kier molecular flexibility index (Phi) is 3.97. The number of rotatable bonds is 2. The van der Waals surface area contributed by atoms with Crippen molar-refractivity contribution in [3.05, 3.63) is 69.5 Å². The van der Waals surface area contributed by atoms with Gasteiger partial charge in [0.2, 0.25) is 0 Å². The van der Waals surface area contributed by atoms with Crippen LogP contribution in [0.4, 0.5) is 4.39 Å². The van der Waals surface area contributed by atoms with Crippen molar-refractivity contribution in [3.63, 3.8) is 0 Å². The molecule has 1 heterocycles. The molecule has 1 atom stereocenters. The maximum atomic E-state index is 13.7. The van der Waals surface area contributed by atoms with Crippen LogP contribution in [0.15, 0.2) is 46.9 Å². The highest BCUT2D eigenvalue weighted by Gasteiger charge is 2.37. The van der Waals surface area contributed by atoms with Crippen LogP contribution in [0, 0.1) is 5.82 Å². The quantitative estimate of drug-likeness (QED) is 0.777. The van der Waals surface area contributed by atoms with E-state index in [0.717, 1.165) is 11.3 Å². The first-order valence-electron chi connectivity index (χ1n) is 6.24. The third-order valence-electron chi connectivity index (χ3n) is 3.47. The normalized spacial score (nSPS) is 21.4. The zero-order valence-electron chi connectivity index (χ0n) is 11.0. The van der Waals surface area contributed by atoms with Gasteiger partial charge in [0.1, 0.15) is 5.82 Å². The number of hydrogen-bond acceptors (Lipinski definition) is 3. The van der Waals surface area contributed by atoms with Crippen molar-refractivity contribution in [2.75, 3.05) is 0 Å². The average molecular weight is 341 g/mol. The molecule has 0 saturated carbocycles. The third kappa shape index (κ3) is 2.69. The Balaban J connectivity index is 2.05. The molecular weight excluding hydrogens is 330 g/mol. The van der Waals surface area contributed by atoms with Gasteiger partial charge in [-0.3, -0.25) is 0 Å². The first kappa shape index (κ1) is 14.9. The molecule has 0 radical (unpaired) electrons. The summed E-state index contributed by atoms with van der Waals surface area (Å²) in [4.78, 5) is 0. The van der Waals surface area contributed by atoms with Gasteiger partial charge in [-0.25, -0.2) is 13.5 Å². The summed E-state index contributed by atoms with van der Waals surface area (Å²) in [5.41, 5.74) is 1.94. The van der Waals surface area contributed by atoms with Gasteiger partial charge in [0.15, 0.2) is 0 Å². The van der Waals surface area contributed by atoms with Crippen molar-refractivity contribution < 1.29 is 4.39 Å². The molecule has 1 unspecified atom stereocenters. The van der Waals surface area contributed by atoms with Crippen LogP contribution in [0.1, 0.15) is 18.1 Å². The lowest BCUT2D eigenvalue weighted by Gasteiger charge is -2.26. The molecule has 2 aromatic carbocycles. The summed E-state index contributed by atoms with van der Waals surface area (Å²) < 4.78 is 21.4. The van der Waals surface area contributed by atoms with Crippen molar-refractivity contribution in [2.45, 2.75) is 12.5 Å². The predicted octanol–water partition coefficient (Wildman–Crippen LogP) is 5.00. The summed E-state index contributed by atoms with van der Waals surface area (Å²) in [6.45, 7) is 2.00. The molecule has 0 fully saturated rings. The van der Waals surface area contributed by atoms with Gasteiger partial charge in [-0.1, -0.05) is 41.4 Å². The molecule has 0 bridgehead atoms. The highest BCUT2D eigenvalue weighted by atomic mass is 35.5. The number of nitrogens with one attached hydrogen (secondary N) is 1. The zero-order chi connectivity index (χ0) is 15.0. The minimum Gasteiger partial charge on any atom is -0.228 e. The van der Waals surface area contributed by atoms with Gasteiger partial charge >= 0.3 is 0 Å². The van der Waals surface area contributed by atoms with E-state index in [4.69, 9.17) is 23.2 Å². The summed E-state index contributed by atoms with van der Waals surface area (Å²) in [5.74, 6) is -0.452. The second-order valence-corrected chi connectivity index (χ2v) is 6.31. The van der Waals surface area contributed by atoms with Crippen LogP contribution in [0.5, 0.6) is 0 Å². The number of hydrogen-bond donors (Lipinski definition) is 1. The van der Waals surface area contributed by atoms with E-state index in [1.807, 2.05) is 31.2 Å². The fraction of sp³-hybridized carbons (Fsp3) is 0.133. The number of nitrogens with zero attached hydrogens (tertiary/aromatic N) is 1. The fourth-order valence-electron chi connectivity index (χ4n) is 2.26. The fourth-order valence-corrected chi connectivity index (χ4v) is 3.33. The third-order valence-corrected chi connectivity index (χ3v) is 4.81. The molecular formula is C15H11Cl2FN2S. The second kappa shape index (κ2) is 5.61. The summed E-state index contributed by atoms with van der Waals surface area (Å²) in [5, 5.41) is 0.773. The Hall–Kier alpha value is -1.07. The lowest BCUT2D eigenvalue weighted by Crippen LogP contribution is -2.39. The van der Waals surface area contributed by atoms with E-state index in [-0.39, 0.29) is 5.02 Å². The van der Waals surface area contributed by atoms with E-state index in [1.54, 1.807) is 12.1 Å². The molecule has 1 N–H and O–H groups in total. The summed E-state index contributed by atoms with van der Waals surface area (Å²) in [6, 6.07) is 12.2. The van der Waals surface area contributed by atoms with Crippen LogP contribution in [0.25, 0.3) is 0 Å². The second-order valence-electron chi connectivity index (χ2n) is 4.89. The molecule has 108 valence electrons. The van der Waals surface area contributed by atoms with E-state index in [0.29, 0.717) is 10.6 Å². The van der Waals surface area contributed by atoms with Crippen LogP contribution in [0.2, 0.25) is 10.0 Å². The van der Waals surface area contributed by atoms with Gasteiger partial charge in [0.25, 0.3) is 0 Å². The molecule has 2 nitrogen and oxygen atoms in total. The molecule has 21 heavy (non-hydrogen) atoms. The Labute approximate surface area is 136 Å². The van der Waals surface area contributed by atoms with Gasteiger partial charge in [0.05, 0.1) is 28.4 Å². The molecule has 0 aromatic heterocycles. The molecule has 0 saturated heterocycles. The van der Waals surface area contributed by atoms with Crippen LogP contribution >= 0.6 is 35.3 Å². The molecule has 0 spiro atoms. The highest BCUT2D eigenvalue weighted by molar-refractivity contribution is 7.96. The maximum absolute atomic E-state index is 13.7. The number of halogens is 3. The lowest BCUT2D eigenvalue weighted by molar-refractivity contribution is 0.623. The van der Waals surface area contributed by atoms with Gasteiger partial charge in [-0.15, -0.1) is 0 Å². The van der Waals surface area contributed by atoms with Crippen LogP contribution in [0.3, 0.4) is 0 Å². The van der Waals surface area contributed by atoms with E-state index in [1.165, 1.54) is 18.2 Å². The zero-order valence-corrected chi connectivity index (χ0v) is 13.4. The molecule has 1 aliphatic rings. The van der Waals surface area contributed by atoms with Crippen molar-refractivity contribution in [1.82, 2.24) is 4.72 Å². The molecule has 2 aromatic rings. The molecule has 0 amide bonds. The van der Waals surface area contributed by atoms with Crippen LogP contribution in [-0.4, -0.2) is 5.71 Å². The summed E-state index contributed by atoms with van der Waals surface area (Å²) in [7, 11) is 0. The molecule has 6 heteroatoms. The minimum atomic E-state index is -0.518. The Morgan fingerprint density at radius 3 is 2.52 bits per heavy atom. The first-order chi connectivity index (χ1) is 10.0. The van der Waals surface area contributed by atoms with Gasteiger partial charge in [-0.2, -0.15) is 0 Å². The van der Waals surface area contributed by atoms with Crippen molar-refractivity contribution >= 4 is 41.0 Å². The Morgan fingerprint density at radius 1 is 1.14 bits per heavy atom. The van der Waals surface area contributed by atoms with E-state index in [9.17, 15) is 4.39 Å². The van der Waals surface area contributed by atoms with Gasteiger partial charge in [-0.05, 0) is 36.8 Å². The highest BCUT2D eigenvalue weighted by Crippen LogP contribution is 2.35. The largest absolute Gasteiger partial charge is 0.228 e. The molecule has 3 rings (SSSR count). The minimum absolute atomic E-state index is 0.103. The average Bonchev–Trinajstić information content (AvgIpc) is 2.86. The Morgan fingerprint density at radius 2 is 1.86 bits per heavy atom. The van der Waals surface area contributed by atoms with Crippen LogP contribution in [-0.2, 0) is 5.54 Å². The topological polar surface area (TPSA) is 24.4 Å². The van der Waals surface area contributed by atoms with Crippen molar-refractivity contribution in [1.29, 1.82) is 0 Å². The van der Waals surface area contributed by atoms with Gasteiger partial charge in [0, 0.05) is 10.6 Å². The molecule has 1 aliphatic heterocycles. The molecule has 0 aliphatic carbocycles. The monoisotopic (exact) mass is 340 g/mol. The summed E-state index contributed by atoms with van der Waals surface area (Å²) >= 11 is 12.9. The van der Waals surface area contributed by atoms with E-state index >= 15 is 0 Å². The van der Waals surface area contributed by atoms with E-state index < -0.39 is 11.4 Å². The summed E-state index contributed by atoms with van der Waals surface area (Å²) in [6.07, 6.45) is 0. The Bertz CT molecular complexity index is 718. The predicted molar refractivity (Wildman–Crippen MR) is 87.5 cm³/mol. The SMILES string of the molecule is CC1(c2ccc(Cl)cc2)NSN=C1c1ccc(Cl)c(F)c1.